The second kappa shape index (κ2) is 4.28. The molecule has 14 heavy (non-hydrogen) atoms. The molecule has 0 aliphatic carbocycles. The lowest BCUT2D eigenvalue weighted by molar-refractivity contribution is -0.159. The van der Waals surface area contributed by atoms with Crippen LogP contribution in [0.1, 0.15) is 34.1 Å². The Balaban J connectivity index is 4.46. The zero-order valence-corrected chi connectivity index (χ0v) is 9.66. The average molecular weight is 203 g/mol. The van der Waals surface area contributed by atoms with E-state index in [9.17, 15) is 9.90 Å². The Bertz CT molecular complexity index is 211. The van der Waals surface area contributed by atoms with Gasteiger partial charge >= 0.3 is 5.97 Å². The van der Waals surface area contributed by atoms with Gasteiger partial charge in [0.15, 0.2) is 5.60 Å². The van der Waals surface area contributed by atoms with E-state index in [1.807, 2.05) is 32.7 Å². The van der Waals surface area contributed by atoms with Gasteiger partial charge in [-0.05, 0) is 34.2 Å². The molecule has 0 saturated carbocycles. The fourth-order valence-electron chi connectivity index (χ4n) is 1.01. The molecule has 0 amide bonds. The quantitative estimate of drug-likeness (QED) is 0.698. The second-order valence-electron chi connectivity index (χ2n) is 4.60. The van der Waals surface area contributed by atoms with Crippen LogP contribution < -0.4 is 0 Å². The molecule has 2 N–H and O–H groups in total. The van der Waals surface area contributed by atoms with Crippen LogP contribution in [0.15, 0.2) is 0 Å². The van der Waals surface area contributed by atoms with Gasteiger partial charge in [-0.25, -0.2) is 4.79 Å². The van der Waals surface area contributed by atoms with Crippen molar-refractivity contribution in [2.45, 2.75) is 45.3 Å². The summed E-state index contributed by atoms with van der Waals surface area (Å²) in [5, 5.41) is 18.3. The summed E-state index contributed by atoms with van der Waals surface area (Å²) in [7, 11) is 1.82. The Kier molecular flexibility index (Phi) is 4.09. The molecular weight excluding hydrogens is 182 g/mol. The first-order chi connectivity index (χ1) is 6.13. The summed E-state index contributed by atoms with van der Waals surface area (Å²) in [4.78, 5) is 12.6. The SMILES string of the molecule is CCC(C)(C)N(C)CC(C)(O)C(=O)O. The third-order valence-electron chi connectivity index (χ3n) is 2.90. The normalized spacial score (nSPS) is 16.8. The summed E-state index contributed by atoms with van der Waals surface area (Å²) in [5.74, 6) is -1.18. The highest BCUT2D eigenvalue weighted by atomic mass is 16.4. The van der Waals surface area contributed by atoms with Gasteiger partial charge in [0.05, 0.1) is 0 Å². The monoisotopic (exact) mass is 203 g/mol. The van der Waals surface area contributed by atoms with Crippen LogP contribution >= 0.6 is 0 Å². The molecule has 0 radical (unpaired) electrons. The van der Waals surface area contributed by atoms with Crippen molar-refractivity contribution in [3.8, 4) is 0 Å². The number of carboxylic acids is 1. The number of aliphatic carboxylic acids is 1. The highest BCUT2D eigenvalue weighted by molar-refractivity contribution is 5.76. The Morgan fingerprint density at radius 3 is 2.07 bits per heavy atom. The second-order valence-corrected chi connectivity index (χ2v) is 4.60. The van der Waals surface area contributed by atoms with Crippen molar-refractivity contribution in [3.05, 3.63) is 0 Å². The van der Waals surface area contributed by atoms with Crippen molar-refractivity contribution in [2.75, 3.05) is 13.6 Å². The lowest BCUT2D eigenvalue weighted by Gasteiger charge is -2.37. The van der Waals surface area contributed by atoms with E-state index >= 15 is 0 Å². The van der Waals surface area contributed by atoms with Gasteiger partial charge in [-0.3, -0.25) is 4.90 Å². The standard InChI is InChI=1S/C10H21NO3/c1-6-9(2,3)11(5)7-10(4,14)8(12)13/h14H,6-7H2,1-5H3,(H,12,13). The first-order valence-corrected chi connectivity index (χ1v) is 4.80. The molecule has 0 spiro atoms. The van der Waals surface area contributed by atoms with E-state index in [2.05, 4.69) is 0 Å². The number of hydrogen-bond donors (Lipinski definition) is 2. The minimum atomic E-state index is -1.68. The lowest BCUT2D eigenvalue weighted by Crippen LogP contribution is -2.52. The molecule has 1 atom stereocenters. The minimum absolute atomic E-state index is 0.0978. The van der Waals surface area contributed by atoms with Crippen molar-refractivity contribution in [1.29, 1.82) is 0 Å². The van der Waals surface area contributed by atoms with Crippen LogP contribution in [-0.4, -0.2) is 45.8 Å². The number of likely N-dealkylation sites (N-methyl/N-ethyl adjacent to an activating group) is 1. The molecule has 0 aliphatic heterocycles. The van der Waals surface area contributed by atoms with Crippen LogP contribution in [0.25, 0.3) is 0 Å². The highest BCUT2D eigenvalue weighted by Crippen LogP contribution is 2.19. The van der Waals surface area contributed by atoms with Crippen LogP contribution in [0.3, 0.4) is 0 Å². The van der Waals surface area contributed by atoms with Crippen molar-refractivity contribution in [1.82, 2.24) is 4.90 Å². The van der Waals surface area contributed by atoms with Crippen molar-refractivity contribution in [2.24, 2.45) is 0 Å². The summed E-state index contributed by atoms with van der Waals surface area (Å²) < 4.78 is 0. The summed E-state index contributed by atoms with van der Waals surface area (Å²) in [6.45, 7) is 7.52. The van der Waals surface area contributed by atoms with Crippen LogP contribution in [0.2, 0.25) is 0 Å². The largest absolute Gasteiger partial charge is 0.479 e. The number of carboxylic acid groups (broad SMARTS) is 1. The first kappa shape index (κ1) is 13.4. The molecule has 84 valence electrons. The Morgan fingerprint density at radius 1 is 1.36 bits per heavy atom. The van der Waals surface area contributed by atoms with E-state index in [0.717, 1.165) is 6.42 Å². The zero-order chi connectivity index (χ0) is 11.6. The zero-order valence-electron chi connectivity index (χ0n) is 9.66. The fourth-order valence-corrected chi connectivity index (χ4v) is 1.01. The number of carbonyl (C=O) groups is 1. The molecular formula is C10H21NO3. The molecule has 0 fully saturated rings. The summed E-state index contributed by atoms with van der Waals surface area (Å²) in [5.41, 5.74) is -1.78. The highest BCUT2D eigenvalue weighted by Gasteiger charge is 2.35. The fraction of sp³-hybridized carbons (Fsp3) is 0.900. The maximum Gasteiger partial charge on any atom is 0.336 e. The van der Waals surface area contributed by atoms with Gasteiger partial charge in [0.1, 0.15) is 0 Å². The molecule has 0 bridgehead atoms. The third kappa shape index (κ3) is 3.27. The van der Waals surface area contributed by atoms with E-state index in [0.29, 0.717) is 0 Å². The minimum Gasteiger partial charge on any atom is -0.479 e. The number of hydrogen-bond acceptors (Lipinski definition) is 3. The van der Waals surface area contributed by atoms with Gasteiger partial charge in [0, 0.05) is 12.1 Å². The Morgan fingerprint density at radius 2 is 1.79 bits per heavy atom. The summed E-state index contributed by atoms with van der Waals surface area (Å²) in [6, 6.07) is 0. The van der Waals surface area contributed by atoms with Gasteiger partial charge in [0.25, 0.3) is 0 Å². The van der Waals surface area contributed by atoms with Crippen LogP contribution in [0.4, 0.5) is 0 Å². The van der Waals surface area contributed by atoms with E-state index in [4.69, 9.17) is 5.11 Å². The smallest absolute Gasteiger partial charge is 0.336 e. The van der Waals surface area contributed by atoms with Crippen molar-refractivity contribution < 1.29 is 15.0 Å². The van der Waals surface area contributed by atoms with Gasteiger partial charge in [-0.1, -0.05) is 6.92 Å². The van der Waals surface area contributed by atoms with Gasteiger partial charge in [-0.15, -0.1) is 0 Å². The van der Waals surface area contributed by atoms with Gasteiger partial charge in [0.2, 0.25) is 0 Å². The molecule has 4 heteroatoms. The summed E-state index contributed by atoms with van der Waals surface area (Å²) >= 11 is 0. The van der Waals surface area contributed by atoms with E-state index in [1.165, 1.54) is 6.92 Å². The van der Waals surface area contributed by atoms with E-state index in [1.54, 1.807) is 0 Å². The van der Waals surface area contributed by atoms with Gasteiger partial charge < -0.3 is 10.2 Å². The number of β-amino-alcohol motifs (C(OH)–C–C–N with tert-alkyl or cyclic N) is 1. The van der Waals surface area contributed by atoms with Gasteiger partial charge in [-0.2, -0.15) is 0 Å². The topological polar surface area (TPSA) is 60.8 Å². The predicted octanol–water partition coefficient (Wildman–Crippen LogP) is 0.942. The van der Waals surface area contributed by atoms with Crippen LogP contribution in [0.5, 0.6) is 0 Å². The van der Waals surface area contributed by atoms with Crippen LogP contribution in [0, 0.1) is 0 Å². The third-order valence-corrected chi connectivity index (χ3v) is 2.90. The maximum atomic E-state index is 10.7. The molecule has 0 aromatic carbocycles. The Labute approximate surface area is 85.5 Å². The van der Waals surface area contributed by atoms with E-state index in [-0.39, 0.29) is 12.1 Å². The molecule has 1 unspecified atom stereocenters. The molecule has 4 nitrogen and oxygen atoms in total. The molecule has 0 aliphatic rings. The van der Waals surface area contributed by atoms with Crippen LogP contribution in [-0.2, 0) is 4.79 Å². The Hall–Kier alpha value is -0.610. The molecule has 0 aromatic heterocycles. The summed E-state index contributed by atoms with van der Waals surface area (Å²) in [6.07, 6.45) is 0.902. The molecule has 0 saturated heterocycles. The maximum absolute atomic E-state index is 10.7. The number of rotatable bonds is 5. The predicted molar refractivity (Wildman–Crippen MR) is 55.3 cm³/mol. The molecule has 0 rings (SSSR count). The number of nitrogens with zero attached hydrogens (tertiary/aromatic N) is 1. The lowest BCUT2D eigenvalue weighted by atomic mass is 9.97. The molecule has 0 aromatic rings. The average Bonchev–Trinajstić information content (AvgIpc) is 2.03. The van der Waals surface area contributed by atoms with Crippen molar-refractivity contribution >= 4 is 5.97 Å². The molecule has 0 heterocycles. The number of aliphatic hydroxyl groups is 1. The first-order valence-electron chi connectivity index (χ1n) is 4.80. The van der Waals surface area contributed by atoms with Crippen molar-refractivity contribution in [3.63, 3.8) is 0 Å². The van der Waals surface area contributed by atoms with E-state index < -0.39 is 11.6 Å².